The fraction of sp³-hybridized carbons (Fsp3) is 0.0500. The Kier molecular flexibility index (Phi) is 19.7. The van der Waals surface area contributed by atoms with Crippen LogP contribution in [0.2, 0.25) is 0 Å². The molecule has 0 spiro atoms. The third-order valence-corrected chi connectivity index (χ3v) is 6.62. The van der Waals surface area contributed by atoms with Crippen molar-refractivity contribution < 1.29 is 77.2 Å². The molecule has 0 amide bonds. The zero-order chi connectivity index (χ0) is 27.2. The molecule has 0 aliphatic heterocycles. The molecular formula is C40H32Cl2Zr2-2. The molecule has 2 aliphatic carbocycles. The molecule has 0 saturated carbocycles. The van der Waals surface area contributed by atoms with Crippen molar-refractivity contribution in [3.63, 3.8) is 0 Å². The van der Waals surface area contributed by atoms with Crippen LogP contribution in [-0.2, 0) is 52.4 Å². The van der Waals surface area contributed by atoms with Crippen LogP contribution in [0.4, 0.5) is 0 Å². The summed E-state index contributed by atoms with van der Waals surface area (Å²) >= 11 is 0. The molecule has 6 aromatic rings. The van der Waals surface area contributed by atoms with Crippen LogP contribution in [0.15, 0.2) is 170 Å². The van der Waals surface area contributed by atoms with Crippen molar-refractivity contribution in [3.05, 3.63) is 182 Å². The Morgan fingerprint density at radius 1 is 0.455 bits per heavy atom. The van der Waals surface area contributed by atoms with Gasteiger partial charge < -0.3 is 24.8 Å². The average molecular weight is 766 g/mol. The Hall–Kier alpha value is -2.59. The molecule has 0 nitrogen and oxygen atoms in total. The van der Waals surface area contributed by atoms with Gasteiger partial charge in [0.2, 0.25) is 0 Å². The molecule has 0 unspecified atom stereocenters. The van der Waals surface area contributed by atoms with Gasteiger partial charge in [0.15, 0.2) is 0 Å². The topological polar surface area (TPSA) is 0 Å². The van der Waals surface area contributed by atoms with Crippen molar-refractivity contribution in [1.29, 1.82) is 0 Å². The van der Waals surface area contributed by atoms with E-state index in [-0.39, 0.29) is 77.2 Å². The standard InChI is InChI=1S/2C15H11.2C5H5.2ClH.2Zr/c2*1-2-6-12(7-3-1)15-10-13-8-4-5-9-14(13)11-15;2*1-2-4-5-3-1;;;;/h2*1-11H;2*1-3H,4H2;2*1H;;/q4*-1;;;2*+2/p-2. The van der Waals surface area contributed by atoms with E-state index >= 15 is 0 Å². The predicted octanol–water partition coefficient (Wildman–Crippen LogP) is 5.07. The maximum absolute atomic E-state index is 2.99. The molecule has 0 fully saturated rings. The average Bonchev–Trinajstić information content (AvgIpc) is 3.86. The molecule has 2 aliphatic rings. The molecule has 0 aromatic heterocycles. The molecule has 4 heteroatoms. The Labute approximate surface area is 313 Å². The Bertz CT molecular complexity index is 1520. The largest absolute Gasteiger partial charge is 2.00 e. The first-order chi connectivity index (χ1) is 19.9. The number of halogens is 2. The van der Waals surface area contributed by atoms with Gasteiger partial charge in [0.05, 0.1) is 0 Å². The van der Waals surface area contributed by atoms with Crippen LogP contribution in [0, 0.1) is 12.2 Å². The van der Waals surface area contributed by atoms with Crippen molar-refractivity contribution in [2.24, 2.45) is 0 Å². The zero-order valence-electron chi connectivity index (χ0n) is 24.3. The zero-order valence-corrected chi connectivity index (χ0v) is 30.8. The maximum atomic E-state index is 2.99. The number of fused-ring (bicyclic) bond motifs is 2. The van der Waals surface area contributed by atoms with E-state index in [0.717, 1.165) is 12.8 Å². The van der Waals surface area contributed by atoms with Crippen molar-refractivity contribution in [1.82, 2.24) is 0 Å². The minimum atomic E-state index is 0. The third-order valence-electron chi connectivity index (χ3n) is 6.62. The first-order valence-electron chi connectivity index (χ1n) is 13.7. The number of benzene rings is 4. The molecule has 0 radical (unpaired) electrons. The quantitative estimate of drug-likeness (QED) is 0.217. The second kappa shape index (κ2) is 22.0. The Morgan fingerprint density at radius 2 is 0.818 bits per heavy atom. The minimum Gasteiger partial charge on any atom is -1.00 e. The summed E-state index contributed by atoms with van der Waals surface area (Å²) in [6.45, 7) is 0. The molecule has 0 saturated heterocycles. The Morgan fingerprint density at radius 3 is 1.11 bits per heavy atom. The SMILES string of the molecule is [C-]1=CC=CC1.[C-]1=CC=CC1.[Cl-].[Cl-].[Zr+2].[Zr+2].c1ccc(-c2cc3ccccc3[cH-]2)cc1.c1ccc(-c2cc3ccccc3[cH-]2)cc1. The fourth-order valence-electron chi connectivity index (χ4n) is 4.58. The summed E-state index contributed by atoms with van der Waals surface area (Å²) in [6, 6.07) is 46.9. The fourth-order valence-corrected chi connectivity index (χ4v) is 4.58. The van der Waals surface area contributed by atoms with Crippen LogP contribution in [-0.4, -0.2) is 0 Å². The number of rotatable bonds is 2. The summed E-state index contributed by atoms with van der Waals surface area (Å²) < 4.78 is 0. The predicted molar refractivity (Wildman–Crippen MR) is 173 cm³/mol. The van der Waals surface area contributed by atoms with E-state index in [1.54, 1.807) is 0 Å². The first kappa shape index (κ1) is 39.4. The van der Waals surface area contributed by atoms with E-state index in [1.807, 2.05) is 36.4 Å². The molecule has 44 heavy (non-hydrogen) atoms. The van der Waals surface area contributed by atoms with Crippen LogP contribution in [0.5, 0.6) is 0 Å². The summed E-state index contributed by atoms with van der Waals surface area (Å²) in [7, 11) is 0. The second-order valence-corrected chi connectivity index (χ2v) is 9.48. The monoisotopic (exact) mass is 762 g/mol. The molecule has 0 heterocycles. The van der Waals surface area contributed by atoms with E-state index in [1.165, 1.54) is 43.8 Å². The molecule has 0 bridgehead atoms. The van der Waals surface area contributed by atoms with Crippen molar-refractivity contribution in [2.75, 3.05) is 0 Å². The minimum absolute atomic E-state index is 0. The van der Waals surface area contributed by atoms with E-state index < -0.39 is 0 Å². The molecular weight excluding hydrogens is 734 g/mol. The van der Waals surface area contributed by atoms with Gasteiger partial charge in [-0.3, -0.25) is 12.2 Å². The smallest absolute Gasteiger partial charge is 1.00 e. The first-order valence-corrected chi connectivity index (χ1v) is 13.7. The van der Waals surface area contributed by atoms with Gasteiger partial charge in [0, 0.05) is 0 Å². The van der Waals surface area contributed by atoms with E-state index in [4.69, 9.17) is 0 Å². The van der Waals surface area contributed by atoms with E-state index in [2.05, 4.69) is 146 Å². The van der Waals surface area contributed by atoms with Crippen LogP contribution in [0.3, 0.4) is 0 Å². The molecule has 6 aromatic carbocycles. The van der Waals surface area contributed by atoms with Gasteiger partial charge in [-0.05, 0) is 0 Å². The molecule has 0 atom stereocenters. The summed E-state index contributed by atoms with van der Waals surface area (Å²) in [5.41, 5.74) is 5.18. The third kappa shape index (κ3) is 12.1. The van der Waals surface area contributed by atoms with Gasteiger partial charge >= 0.3 is 52.4 Å². The molecule has 0 N–H and O–H groups in total. The second-order valence-electron chi connectivity index (χ2n) is 9.48. The van der Waals surface area contributed by atoms with Crippen LogP contribution < -0.4 is 24.8 Å². The van der Waals surface area contributed by atoms with Gasteiger partial charge in [-0.2, -0.15) is 12.2 Å². The van der Waals surface area contributed by atoms with Crippen LogP contribution >= 0.6 is 0 Å². The van der Waals surface area contributed by atoms with Gasteiger partial charge in [0.25, 0.3) is 0 Å². The van der Waals surface area contributed by atoms with E-state index in [0.29, 0.717) is 0 Å². The normalized spacial score (nSPS) is 11.3. The van der Waals surface area contributed by atoms with Gasteiger partial charge in [-0.15, -0.1) is 81.9 Å². The van der Waals surface area contributed by atoms with Gasteiger partial charge in [0.1, 0.15) is 0 Å². The summed E-state index contributed by atoms with van der Waals surface area (Å²) in [4.78, 5) is 0. The van der Waals surface area contributed by atoms with Crippen LogP contribution in [0.25, 0.3) is 43.8 Å². The number of hydrogen-bond acceptors (Lipinski definition) is 0. The van der Waals surface area contributed by atoms with Crippen molar-refractivity contribution in [2.45, 2.75) is 12.8 Å². The van der Waals surface area contributed by atoms with Crippen molar-refractivity contribution >= 4 is 21.5 Å². The van der Waals surface area contributed by atoms with Gasteiger partial charge in [-0.1, -0.05) is 108 Å². The Balaban J connectivity index is 0.000000314. The summed E-state index contributed by atoms with van der Waals surface area (Å²) in [6.07, 6.45) is 20.0. The van der Waals surface area contributed by atoms with Gasteiger partial charge in [-0.25, -0.2) is 24.3 Å². The van der Waals surface area contributed by atoms with Crippen LogP contribution in [0.1, 0.15) is 12.8 Å². The summed E-state index contributed by atoms with van der Waals surface area (Å²) in [5.74, 6) is 0. The molecule has 216 valence electrons. The number of hydrogen-bond donors (Lipinski definition) is 0. The molecule has 8 rings (SSSR count). The van der Waals surface area contributed by atoms with Crippen molar-refractivity contribution in [3.8, 4) is 22.3 Å². The van der Waals surface area contributed by atoms with E-state index in [9.17, 15) is 0 Å². The maximum Gasteiger partial charge on any atom is 2.00 e. The summed E-state index contributed by atoms with van der Waals surface area (Å²) in [5, 5.41) is 5.26. The number of allylic oxidation sites excluding steroid dienone is 8.